The summed E-state index contributed by atoms with van der Waals surface area (Å²) in [5.74, 6) is -2.26. The fourth-order valence-electron chi connectivity index (χ4n) is 6.23. The molecule has 0 bridgehead atoms. The van der Waals surface area contributed by atoms with Crippen LogP contribution in [0.5, 0.6) is 23.0 Å². The van der Waals surface area contributed by atoms with Gasteiger partial charge in [0.15, 0.2) is 18.2 Å². The second-order valence-electron chi connectivity index (χ2n) is 12.9. The van der Waals surface area contributed by atoms with Crippen molar-refractivity contribution in [2.24, 2.45) is 0 Å². The fourth-order valence-corrected chi connectivity index (χ4v) is 6.23. The molecule has 3 saturated heterocycles. The fraction of sp³-hybridized carbons (Fsp3) is 0.545. The van der Waals surface area contributed by atoms with Crippen LogP contribution in [0, 0.1) is 0 Å². The highest BCUT2D eigenvalue weighted by molar-refractivity contribution is 5.88. The predicted molar refractivity (Wildman–Crippen MR) is 171 cm³/mol. The number of phenolic OH excluding ortho intramolecular Hbond substituents is 2. The van der Waals surface area contributed by atoms with E-state index in [4.69, 9.17) is 32.8 Å². The third-order valence-electron chi connectivity index (χ3n) is 9.29. The molecule has 0 aliphatic carbocycles. The number of benzene rings is 2. The molecule has 0 amide bonds. The van der Waals surface area contributed by atoms with Gasteiger partial charge in [0.25, 0.3) is 0 Å². The molecule has 2 aromatic carbocycles. The standard InChI is InChI=1S/C33H40O20/c1-10-19(38)23(42)26(45)31(47-10)53-30-25(44)21(40)17(9-35)51-33(30)52-29-22(41)18-14(37)6-13(48-32-27(46)24(43)20(39)16(8-34)50-32)7-15(18)49-28(29)11-2-4-12(36)5-3-11/h2-7,10,16-17,19-21,23-27,30-40,42-46H,8-9H2,1H3/t10-,16-,17-,19-,20-,21+,23+,24-,25-,26+,27-,30+,31-,32-,33+/m0/s1. The average Bonchev–Trinajstić information content (AvgIpc) is 3.13. The lowest BCUT2D eigenvalue weighted by Gasteiger charge is -2.45. The molecular weight excluding hydrogens is 716 g/mol. The van der Waals surface area contributed by atoms with Crippen molar-refractivity contribution in [3.63, 3.8) is 0 Å². The molecule has 3 aromatic rings. The minimum atomic E-state index is -1.94. The zero-order chi connectivity index (χ0) is 38.5. The monoisotopic (exact) mass is 756 g/mol. The molecule has 0 radical (unpaired) electrons. The Morgan fingerprint density at radius 2 is 1.25 bits per heavy atom. The van der Waals surface area contributed by atoms with Crippen molar-refractivity contribution in [3.05, 3.63) is 46.6 Å². The quantitative estimate of drug-likeness (QED) is 0.0992. The molecule has 6 rings (SSSR count). The Kier molecular flexibility index (Phi) is 11.5. The molecule has 20 heteroatoms. The van der Waals surface area contributed by atoms with Crippen molar-refractivity contribution in [1.29, 1.82) is 0 Å². The van der Waals surface area contributed by atoms with Crippen LogP contribution in [0.4, 0.5) is 0 Å². The van der Waals surface area contributed by atoms with E-state index in [1.54, 1.807) is 0 Å². The second-order valence-corrected chi connectivity index (χ2v) is 12.9. The topological polar surface area (TPSA) is 328 Å². The molecule has 3 aliphatic rings. The minimum absolute atomic E-state index is 0.0982. The lowest BCUT2D eigenvalue weighted by atomic mass is 9.97. The van der Waals surface area contributed by atoms with Crippen LogP contribution < -0.4 is 14.9 Å². The molecule has 20 nitrogen and oxygen atoms in total. The molecule has 3 fully saturated rings. The van der Waals surface area contributed by atoms with E-state index in [2.05, 4.69) is 0 Å². The largest absolute Gasteiger partial charge is 0.508 e. The first-order valence-corrected chi connectivity index (χ1v) is 16.4. The Balaban J connectivity index is 1.41. The SMILES string of the molecule is C[C@@H]1O[C@@H](O[C@H]2[C@@H](Oc3c(-c4ccc(O)cc4)oc4cc(O[C@H]5O[C@@H](CO)[C@H](O)[C@H](O)[C@@H]5O)cc(O)c4c3=O)O[C@@H](CO)[C@@H](O)[C@@H]2O)[C@H](O)[C@H](O)[C@H]1O. The van der Waals surface area contributed by atoms with Crippen LogP contribution >= 0.6 is 0 Å². The van der Waals surface area contributed by atoms with Crippen LogP contribution in [0.2, 0.25) is 0 Å². The van der Waals surface area contributed by atoms with E-state index in [0.717, 1.165) is 12.1 Å². The van der Waals surface area contributed by atoms with Crippen LogP contribution in [-0.2, 0) is 18.9 Å². The zero-order valence-electron chi connectivity index (χ0n) is 27.7. The van der Waals surface area contributed by atoms with E-state index in [1.807, 2.05) is 0 Å². The van der Waals surface area contributed by atoms with Gasteiger partial charge in [-0.2, -0.15) is 0 Å². The summed E-state index contributed by atoms with van der Waals surface area (Å²) in [6.45, 7) is -0.235. The summed E-state index contributed by atoms with van der Waals surface area (Å²) in [4.78, 5) is 14.2. The molecule has 0 unspecified atom stereocenters. The van der Waals surface area contributed by atoms with Crippen LogP contribution in [0.3, 0.4) is 0 Å². The van der Waals surface area contributed by atoms with Gasteiger partial charge in [-0.1, -0.05) is 0 Å². The van der Waals surface area contributed by atoms with Crippen molar-refractivity contribution >= 4 is 11.0 Å². The van der Waals surface area contributed by atoms with E-state index in [0.29, 0.717) is 0 Å². The van der Waals surface area contributed by atoms with E-state index < -0.39 is 128 Å². The van der Waals surface area contributed by atoms with Crippen molar-refractivity contribution in [2.45, 2.75) is 99.0 Å². The number of phenols is 2. The van der Waals surface area contributed by atoms with E-state index in [-0.39, 0.29) is 28.4 Å². The van der Waals surface area contributed by atoms with Gasteiger partial charge in [-0.25, -0.2) is 0 Å². The molecule has 4 heterocycles. The number of rotatable bonds is 9. The Morgan fingerprint density at radius 3 is 1.89 bits per heavy atom. The molecule has 0 spiro atoms. The Hall–Kier alpha value is -3.71. The maximum Gasteiger partial charge on any atom is 0.239 e. The first-order chi connectivity index (χ1) is 25.1. The van der Waals surface area contributed by atoms with Gasteiger partial charge < -0.3 is 94.1 Å². The van der Waals surface area contributed by atoms with Crippen LogP contribution in [0.1, 0.15) is 6.92 Å². The number of hydrogen-bond donors (Lipinski definition) is 12. The number of ether oxygens (including phenoxy) is 6. The van der Waals surface area contributed by atoms with E-state index in [1.165, 1.54) is 31.2 Å². The molecule has 3 aliphatic heterocycles. The lowest BCUT2D eigenvalue weighted by molar-refractivity contribution is -0.354. The molecule has 12 N–H and O–H groups in total. The molecule has 0 saturated carbocycles. The van der Waals surface area contributed by atoms with Gasteiger partial charge in [-0.15, -0.1) is 0 Å². The third-order valence-corrected chi connectivity index (χ3v) is 9.29. The molecule has 15 atom stereocenters. The van der Waals surface area contributed by atoms with Crippen LogP contribution in [0.15, 0.2) is 45.6 Å². The normalized spacial score (nSPS) is 37.8. The molecule has 292 valence electrons. The van der Waals surface area contributed by atoms with Gasteiger partial charge in [0.2, 0.25) is 23.8 Å². The highest BCUT2D eigenvalue weighted by Gasteiger charge is 2.51. The first kappa shape index (κ1) is 39.0. The average molecular weight is 757 g/mol. The van der Waals surface area contributed by atoms with Gasteiger partial charge in [-0.05, 0) is 31.2 Å². The first-order valence-electron chi connectivity index (χ1n) is 16.4. The van der Waals surface area contributed by atoms with Gasteiger partial charge >= 0.3 is 0 Å². The summed E-state index contributed by atoms with van der Waals surface area (Å²) in [7, 11) is 0. The molecular formula is C33H40O20. The summed E-state index contributed by atoms with van der Waals surface area (Å²) >= 11 is 0. The molecule has 1 aromatic heterocycles. The van der Waals surface area contributed by atoms with Crippen molar-refractivity contribution in [1.82, 2.24) is 0 Å². The highest BCUT2D eigenvalue weighted by Crippen LogP contribution is 2.39. The van der Waals surface area contributed by atoms with Gasteiger partial charge in [0.05, 0.1) is 19.3 Å². The van der Waals surface area contributed by atoms with Gasteiger partial charge in [0, 0.05) is 17.7 Å². The highest BCUT2D eigenvalue weighted by atomic mass is 16.8. The van der Waals surface area contributed by atoms with Crippen molar-refractivity contribution < 1.29 is 94.1 Å². The Morgan fingerprint density at radius 1 is 0.660 bits per heavy atom. The minimum Gasteiger partial charge on any atom is -0.508 e. The summed E-state index contributed by atoms with van der Waals surface area (Å²) in [6, 6.07) is 7.18. The second kappa shape index (κ2) is 15.6. The maximum absolute atomic E-state index is 14.2. The zero-order valence-corrected chi connectivity index (χ0v) is 27.7. The molecule has 53 heavy (non-hydrogen) atoms. The number of fused-ring (bicyclic) bond motifs is 1. The van der Waals surface area contributed by atoms with Crippen molar-refractivity contribution in [3.8, 4) is 34.3 Å². The van der Waals surface area contributed by atoms with Gasteiger partial charge in [-0.3, -0.25) is 4.79 Å². The Bertz CT molecular complexity index is 1780. The Labute approximate surface area is 298 Å². The maximum atomic E-state index is 14.2. The third kappa shape index (κ3) is 7.39. The number of aromatic hydroxyl groups is 2. The predicted octanol–water partition coefficient (Wildman–Crippen LogP) is -3.92. The summed E-state index contributed by atoms with van der Waals surface area (Å²) in [5.41, 5.74) is -1.30. The summed E-state index contributed by atoms with van der Waals surface area (Å²) in [6.07, 6.45) is -25.3. The van der Waals surface area contributed by atoms with E-state index in [9.17, 15) is 66.1 Å². The number of hydrogen-bond acceptors (Lipinski definition) is 20. The summed E-state index contributed by atoms with van der Waals surface area (Å²) < 4.78 is 39.9. The van der Waals surface area contributed by atoms with Crippen molar-refractivity contribution in [2.75, 3.05) is 13.2 Å². The van der Waals surface area contributed by atoms with Gasteiger partial charge in [0.1, 0.15) is 89.3 Å². The van der Waals surface area contributed by atoms with Crippen LogP contribution in [0.25, 0.3) is 22.3 Å². The van der Waals surface area contributed by atoms with Crippen LogP contribution in [-0.4, -0.2) is 167 Å². The lowest BCUT2D eigenvalue weighted by Crippen LogP contribution is -2.64. The van der Waals surface area contributed by atoms with E-state index >= 15 is 0 Å². The number of aliphatic hydroxyl groups is 10. The number of aliphatic hydroxyl groups excluding tert-OH is 10. The summed E-state index contributed by atoms with van der Waals surface area (Å²) in [5, 5.41) is 123. The smallest absolute Gasteiger partial charge is 0.239 e.